The van der Waals surface area contributed by atoms with E-state index in [-0.39, 0.29) is 6.61 Å². The van der Waals surface area contributed by atoms with E-state index >= 15 is 0 Å². The minimum atomic E-state index is -1.40. The van der Waals surface area contributed by atoms with Crippen molar-refractivity contribution in [3.63, 3.8) is 0 Å². The zero-order valence-electron chi connectivity index (χ0n) is 8.80. The van der Waals surface area contributed by atoms with Crippen LogP contribution < -0.4 is 0 Å². The standard InChI is InChI=1S/C11H19FO2/c1-2-14-11(13)10(12)8-9-6-4-3-5-7-9/h9-10H,2-8H2,1H3. The molecular weight excluding hydrogens is 183 g/mol. The van der Waals surface area contributed by atoms with Crippen LogP contribution >= 0.6 is 0 Å². The zero-order valence-corrected chi connectivity index (χ0v) is 8.80. The van der Waals surface area contributed by atoms with E-state index in [1.807, 2.05) is 0 Å². The maximum absolute atomic E-state index is 13.3. The summed E-state index contributed by atoms with van der Waals surface area (Å²) in [6, 6.07) is 0. The Morgan fingerprint density at radius 3 is 2.64 bits per heavy atom. The second kappa shape index (κ2) is 5.99. The van der Waals surface area contributed by atoms with Crippen molar-refractivity contribution >= 4 is 5.97 Å². The molecule has 1 saturated carbocycles. The van der Waals surface area contributed by atoms with Crippen LogP contribution in [0.2, 0.25) is 0 Å². The monoisotopic (exact) mass is 202 g/mol. The average Bonchev–Trinajstić information content (AvgIpc) is 2.19. The van der Waals surface area contributed by atoms with E-state index in [4.69, 9.17) is 0 Å². The number of rotatable bonds is 4. The minimum Gasteiger partial charge on any atom is -0.464 e. The molecule has 0 radical (unpaired) electrons. The lowest BCUT2D eigenvalue weighted by Crippen LogP contribution is -2.23. The lowest BCUT2D eigenvalue weighted by atomic mass is 9.86. The summed E-state index contributed by atoms with van der Waals surface area (Å²) in [7, 11) is 0. The van der Waals surface area contributed by atoms with E-state index in [1.165, 1.54) is 19.3 Å². The number of hydrogen-bond acceptors (Lipinski definition) is 2. The van der Waals surface area contributed by atoms with Crippen molar-refractivity contribution in [3.05, 3.63) is 0 Å². The van der Waals surface area contributed by atoms with E-state index in [9.17, 15) is 9.18 Å². The number of alkyl halides is 1. The Hall–Kier alpha value is -0.600. The molecule has 0 saturated heterocycles. The fraction of sp³-hybridized carbons (Fsp3) is 0.909. The Labute approximate surface area is 84.8 Å². The first-order valence-corrected chi connectivity index (χ1v) is 5.54. The van der Waals surface area contributed by atoms with Gasteiger partial charge in [0, 0.05) is 0 Å². The Morgan fingerprint density at radius 1 is 1.43 bits per heavy atom. The summed E-state index contributed by atoms with van der Waals surface area (Å²) >= 11 is 0. The molecule has 0 N–H and O–H groups in total. The smallest absolute Gasteiger partial charge is 0.340 e. The third-order valence-electron chi connectivity index (χ3n) is 2.81. The van der Waals surface area contributed by atoms with Gasteiger partial charge in [-0.05, 0) is 19.3 Å². The number of halogens is 1. The second-order valence-corrected chi connectivity index (χ2v) is 3.96. The third-order valence-corrected chi connectivity index (χ3v) is 2.81. The predicted octanol–water partition coefficient (Wildman–Crippen LogP) is 2.86. The molecular formula is C11H19FO2. The number of ether oxygens (including phenoxy) is 1. The molecule has 0 aromatic carbocycles. The molecule has 1 fully saturated rings. The highest BCUT2D eigenvalue weighted by Gasteiger charge is 2.24. The van der Waals surface area contributed by atoms with Crippen LogP contribution in [-0.4, -0.2) is 18.7 Å². The highest BCUT2D eigenvalue weighted by Crippen LogP contribution is 2.28. The summed E-state index contributed by atoms with van der Waals surface area (Å²) in [4.78, 5) is 11.0. The van der Waals surface area contributed by atoms with Gasteiger partial charge in [0.05, 0.1) is 6.61 Å². The SMILES string of the molecule is CCOC(=O)C(F)CC1CCCCC1. The van der Waals surface area contributed by atoms with Crippen LogP contribution in [0.15, 0.2) is 0 Å². The summed E-state index contributed by atoms with van der Waals surface area (Å²) in [6.45, 7) is 1.97. The van der Waals surface area contributed by atoms with Gasteiger partial charge in [-0.2, -0.15) is 0 Å². The molecule has 0 aliphatic heterocycles. The Balaban J connectivity index is 2.24. The quantitative estimate of drug-likeness (QED) is 0.655. The number of carbonyl (C=O) groups excluding carboxylic acids is 1. The fourth-order valence-corrected chi connectivity index (χ4v) is 2.04. The van der Waals surface area contributed by atoms with Crippen LogP contribution in [0.5, 0.6) is 0 Å². The molecule has 1 unspecified atom stereocenters. The first-order chi connectivity index (χ1) is 6.74. The van der Waals surface area contributed by atoms with Gasteiger partial charge in [0.1, 0.15) is 0 Å². The molecule has 1 rings (SSSR count). The van der Waals surface area contributed by atoms with Crippen molar-refractivity contribution in [2.24, 2.45) is 5.92 Å². The maximum atomic E-state index is 13.3. The molecule has 2 nitrogen and oxygen atoms in total. The molecule has 1 atom stereocenters. The topological polar surface area (TPSA) is 26.3 Å². The van der Waals surface area contributed by atoms with Crippen molar-refractivity contribution in [2.75, 3.05) is 6.61 Å². The number of carbonyl (C=O) groups is 1. The van der Waals surface area contributed by atoms with Crippen molar-refractivity contribution in [3.8, 4) is 0 Å². The average molecular weight is 202 g/mol. The zero-order chi connectivity index (χ0) is 10.4. The molecule has 14 heavy (non-hydrogen) atoms. The lowest BCUT2D eigenvalue weighted by molar-refractivity contribution is -0.149. The van der Waals surface area contributed by atoms with E-state index < -0.39 is 12.1 Å². The number of hydrogen-bond donors (Lipinski definition) is 0. The van der Waals surface area contributed by atoms with Crippen molar-refractivity contribution in [1.82, 2.24) is 0 Å². The van der Waals surface area contributed by atoms with E-state index in [0.29, 0.717) is 12.3 Å². The van der Waals surface area contributed by atoms with Crippen molar-refractivity contribution in [1.29, 1.82) is 0 Å². The van der Waals surface area contributed by atoms with Crippen LogP contribution in [0.25, 0.3) is 0 Å². The fourth-order valence-electron chi connectivity index (χ4n) is 2.04. The van der Waals surface area contributed by atoms with Crippen LogP contribution in [-0.2, 0) is 9.53 Å². The van der Waals surface area contributed by atoms with Crippen molar-refractivity contribution in [2.45, 2.75) is 51.6 Å². The Bertz CT molecular complexity index is 176. The highest BCUT2D eigenvalue weighted by atomic mass is 19.1. The summed E-state index contributed by atoms with van der Waals surface area (Å²) in [5, 5.41) is 0. The van der Waals surface area contributed by atoms with Gasteiger partial charge in [-0.3, -0.25) is 0 Å². The predicted molar refractivity (Wildman–Crippen MR) is 52.7 cm³/mol. The first kappa shape index (κ1) is 11.5. The van der Waals surface area contributed by atoms with Gasteiger partial charge < -0.3 is 4.74 Å². The molecule has 0 heterocycles. The van der Waals surface area contributed by atoms with Gasteiger partial charge >= 0.3 is 5.97 Å². The minimum absolute atomic E-state index is 0.268. The molecule has 0 aromatic rings. The van der Waals surface area contributed by atoms with Gasteiger partial charge in [0.25, 0.3) is 0 Å². The molecule has 82 valence electrons. The van der Waals surface area contributed by atoms with Gasteiger partial charge in [0.2, 0.25) is 0 Å². The largest absolute Gasteiger partial charge is 0.464 e. The second-order valence-electron chi connectivity index (χ2n) is 3.96. The van der Waals surface area contributed by atoms with Gasteiger partial charge in [-0.1, -0.05) is 32.1 Å². The van der Waals surface area contributed by atoms with Gasteiger partial charge in [0.15, 0.2) is 6.17 Å². The molecule has 0 spiro atoms. The Kier molecular flexibility index (Phi) is 4.91. The maximum Gasteiger partial charge on any atom is 0.340 e. The summed E-state index contributed by atoms with van der Waals surface area (Å²) < 4.78 is 17.9. The summed E-state index contributed by atoms with van der Waals surface area (Å²) in [5.74, 6) is -0.291. The normalized spacial score (nSPS) is 20.4. The van der Waals surface area contributed by atoms with Gasteiger partial charge in [-0.15, -0.1) is 0 Å². The van der Waals surface area contributed by atoms with Crippen LogP contribution in [0.3, 0.4) is 0 Å². The third kappa shape index (κ3) is 3.64. The highest BCUT2D eigenvalue weighted by molar-refractivity contribution is 5.74. The first-order valence-electron chi connectivity index (χ1n) is 5.54. The van der Waals surface area contributed by atoms with Gasteiger partial charge in [-0.25, -0.2) is 9.18 Å². The lowest BCUT2D eigenvalue weighted by Gasteiger charge is -2.22. The summed E-state index contributed by atoms with van der Waals surface area (Å²) in [6.07, 6.45) is 4.71. The van der Waals surface area contributed by atoms with Crippen molar-refractivity contribution < 1.29 is 13.9 Å². The summed E-state index contributed by atoms with van der Waals surface area (Å²) in [5.41, 5.74) is 0. The molecule has 1 aliphatic rings. The number of esters is 1. The van der Waals surface area contributed by atoms with E-state index in [0.717, 1.165) is 12.8 Å². The Morgan fingerprint density at radius 2 is 2.07 bits per heavy atom. The molecule has 3 heteroatoms. The molecule has 0 bridgehead atoms. The molecule has 0 amide bonds. The molecule has 1 aliphatic carbocycles. The molecule has 0 aromatic heterocycles. The van der Waals surface area contributed by atoms with Crippen LogP contribution in [0.1, 0.15) is 45.4 Å². The van der Waals surface area contributed by atoms with Crippen LogP contribution in [0, 0.1) is 5.92 Å². The van der Waals surface area contributed by atoms with E-state index in [1.54, 1.807) is 6.92 Å². The van der Waals surface area contributed by atoms with Crippen LogP contribution in [0.4, 0.5) is 4.39 Å². The van der Waals surface area contributed by atoms with E-state index in [2.05, 4.69) is 4.74 Å².